The zero-order valence-electron chi connectivity index (χ0n) is 22.0. The highest BCUT2D eigenvalue weighted by Crippen LogP contribution is 2.49. The fourth-order valence-electron chi connectivity index (χ4n) is 4.88. The van der Waals surface area contributed by atoms with Gasteiger partial charge in [-0.15, -0.1) is 0 Å². The van der Waals surface area contributed by atoms with Crippen LogP contribution in [0, 0.1) is 0 Å². The van der Waals surface area contributed by atoms with E-state index in [-0.39, 0.29) is 22.8 Å². The standard InChI is InChI=1S/C27H32O15/c1-9-17(30)21(34)23(36)26(39-9)38-8-16-20(33)22(35)24(37)27(42-16)41-15-6-12-14(7-13(29)19(32)18(12)31)40-25(15)10-2-4-11(28)5-3-10/h2-7,9,16-17,20-37H,8H2,1H3/t9-,16-,17+,20-,21-,22+,23+,24-,25?,26-,27-/m1/s1. The molecule has 2 aromatic rings. The van der Waals surface area contributed by atoms with Crippen LogP contribution in [-0.4, -0.2) is 119 Å². The van der Waals surface area contributed by atoms with Crippen LogP contribution in [0.1, 0.15) is 24.2 Å². The molecule has 3 heterocycles. The van der Waals surface area contributed by atoms with E-state index < -0.39 is 91.4 Å². The highest BCUT2D eigenvalue weighted by molar-refractivity contribution is 5.74. The van der Waals surface area contributed by atoms with Crippen molar-refractivity contribution in [2.45, 2.75) is 74.4 Å². The molecular weight excluding hydrogens is 564 g/mol. The van der Waals surface area contributed by atoms with E-state index in [1.165, 1.54) is 37.3 Å². The van der Waals surface area contributed by atoms with Crippen molar-refractivity contribution in [2.75, 3.05) is 6.61 Å². The van der Waals surface area contributed by atoms with Crippen LogP contribution in [0.5, 0.6) is 28.7 Å². The van der Waals surface area contributed by atoms with E-state index >= 15 is 0 Å². The van der Waals surface area contributed by atoms with Gasteiger partial charge >= 0.3 is 0 Å². The van der Waals surface area contributed by atoms with Crippen molar-refractivity contribution in [2.24, 2.45) is 0 Å². The van der Waals surface area contributed by atoms with Gasteiger partial charge < -0.3 is 74.7 Å². The summed E-state index contributed by atoms with van der Waals surface area (Å²) in [5, 5.41) is 102. The van der Waals surface area contributed by atoms with Crippen molar-refractivity contribution < 1.29 is 74.7 Å². The number of phenols is 4. The lowest BCUT2D eigenvalue weighted by molar-refractivity contribution is -0.324. The Kier molecular flexibility index (Phi) is 8.39. The normalized spacial score (nSPS) is 36.5. The lowest BCUT2D eigenvalue weighted by Gasteiger charge is -2.43. The Bertz CT molecular complexity index is 1300. The Labute approximate surface area is 238 Å². The van der Waals surface area contributed by atoms with Crippen molar-refractivity contribution >= 4 is 6.08 Å². The van der Waals surface area contributed by atoms with Crippen LogP contribution in [0.25, 0.3) is 6.08 Å². The molecule has 10 N–H and O–H groups in total. The Morgan fingerprint density at radius 3 is 2.07 bits per heavy atom. The largest absolute Gasteiger partial charge is 0.508 e. The van der Waals surface area contributed by atoms with Gasteiger partial charge in [0.2, 0.25) is 12.0 Å². The van der Waals surface area contributed by atoms with E-state index in [4.69, 9.17) is 23.7 Å². The van der Waals surface area contributed by atoms with Gasteiger partial charge in [-0.1, -0.05) is 12.1 Å². The SMILES string of the molecule is C[C@H]1O[C@@H](OC[C@H]2O[C@@H](OC3=Cc4c(cc(O)c(O)c4O)OC3c3ccc(O)cc3)[C@H](O)[C@@H](O)[C@@H]2O)[C@@H](O)[C@H](O)[C@H]1O. The fourth-order valence-corrected chi connectivity index (χ4v) is 4.88. The minimum absolute atomic E-state index is 0.0346. The molecule has 2 saturated heterocycles. The average Bonchev–Trinajstić information content (AvgIpc) is 2.97. The molecule has 15 heteroatoms. The van der Waals surface area contributed by atoms with E-state index in [0.717, 1.165) is 6.07 Å². The first-order chi connectivity index (χ1) is 19.9. The van der Waals surface area contributed by atoms with E-state index in [1.807, 2.05) is 0 Å². The highest BCUT2D eigenvalue weighted by atomic mass is 16.7. The maximum absolute atomic E-state index is 10.7. The van der Waals surface area contributed by atoms with Gasteiger partial charge in [0.25, 0.3) is 0 Å². The summed E-state index contributed by atoms with van der Waals surface area (Å²) in [6.07, 6.45) is -15.1. The summed E-state index contributed by atoms with van der Waals surface area (Å²) in [4.78, 5) is 0. The van der Waals surface area contributed by atoms with E-state index in [9.17, 15) is 51.1 Å². The number of aliphatic hydroxyl groups is 6. The second-order valence-electron chi connectivity index (χ2n) is 10.3. The molecule has 0 radical (unpaired) electrons. The van der Waals surface area contributed by atoms with Crippen LogP contribution in [0.4, 0.5) is 0 Å². The maximum atomic E-state index is 10.7. The summed E-state index contributed by atoms with van der Waals surface area (Å²) >= 11 is 0. The summed E-state index contributed by atoms with van der Waals surface area (Å²) < 4.78 is 28.4. The number of phenolic OH excluding ortho intramolecular Hbond substituents is 4. The van der Waals surface area contributed by atoms with E-state index in [1.54, 1.807) is 0 Å². The molecule has 0 amide bonds. The highest BCUT2D eigenvalue weighted by Gasteiger charge is 2.48. The topological polar surface area (TPSA) is 248 Å². The minimum atomic E-state index is -1.81. The predicted molar refractivity (Wildman–Crippen MR) is 137 cm³/mol. The number of ether oxygens (including phenoxy) is 5. The summed E-state index contributed by atoms with van der Waals surface area (Å²) in [5.74, 6) is -2.38. The molecule has 1 unspecified atom stereocenters. The molecule has 2 aromatic carbocycles. The lowest BCUT2D eigenvalue weighted by Crippen LogP contribution is -2.61. The molecule has 0 spiro atoms. The first kappa shape index (κ1) is 30.1. The van der Waals surface area contributed by atoms with Gasteiger partial charge in [-0.2, -0.15) is 0 Å². The summed E-state index contributed by atoms with van der Waals surface area (Å²) in [7, 11) is 0. The summed E-state index contributed by atoms with van der Waals surface area (Å²) in [6.45, 7) is 0.934. The Morgan fingerprint density at radius 2 is 1.38 bits per heavy atom. The molecular formula is C27H32O15. The number of aliphatic hydroxyl groups excluding tert-OH is 6. The third-order valence-corrected chi connectivity index (χ3v) is 7.39. The molecule has 3 aliphatic rings. The summed E-state index contributed by atoms with van der Waals surface area (Å²) in [6, 6.07) is 6.81. The zero-order valence-corrected chi connectivity index (χ0v) is 22.0. The number of hydrogen-bond acceptors (Lipinski definition) is 15. The maximum Gasteiger partial charge on any atom is 0.228 e. The Balaban J connectivity index is 1.39. The summed E-state index contributed by atoms with van der Waals surface area (Å²) in [5.41, 5.74) is 0.334. The molecule has 230 valence electrons. The molecule has 0 aliphatic carbocycles. The molecule has 5 rings (SSSR count). The van der Waals surface area contributed by atoms with Gasteiger partial charge in [-0.05, 0) is 25.1 Å². The molecule has 42 heavy (non-hydrogen) atoms. The van der Waals surface area contributed by atoms with Gasteiger partial charge in [0, 0.05) is 11.6 Å². The molecule has 3 aliphatic heterocycles. The Morgan fingerprint density at radius 1 is 0.738 bits per heavy atom. The van der Waals surface area contributed by atoms with Gasteiger partial charge in [-0.3, -0.25) is 0 Å². The number of hydrogen-bond donors (Lipinski definition) is 10. The number of fused-ring (bicyclic) bond motifs is 1. The van der Waals surface area contributed by atoms with Gasteiger partial charge in [0.05, 0.1) is 18.3 Å². The van der Waals surface area contributed by atoms with Crippen LogP contribution in [0.3, 0.4) is 0 Å². The Hall–Kier alpha value is -3.38. The van der Waals surface area contributed by atoms with Crippen LogP contribution in [0.2, 0.25) is 0 Å². The van der Waals surface area contributed by atoms with Crippen molar-refractivity contribution in [3.05, 3.63) is 47.2 Å². The number of rotatable bonds is 6. The predicted octanol–water partition coefficient (Wildman–Crippen LogP) is -1.35. The minimum Gasteiger partial charge on any atom is -0.508 e. The van der Waals surface area contributed by atoms with Crippen LogP contribution < -0.4 is 4.74 Å². The lowest BCUT2D eigenvalue weighted by atomic mass is 9.98. The first-order valence-electron chi connectivity index (χ1n) is 13.0. The van der Waals surface area contributed by atoms with Crippen LogP contribution >= 0.6 is 0 Å². The number of aromatic hydroxyl groups is 4. The molecule has 15 nitrogen and oxygen atoms in total. The van der Waals surface area contributed by atoms with Crippen molar-refractivity contribution in [3.63, 3.8) is 0 Å². The van der Waals surface area contributed by atoms with E-state index in [0.29, 0.717) is 5.56 Å². The zero-order chi connectivity index (χ0) is 30.5. The van der Waals surface area contributed by atoms with Crippen molar-refractivity contribution in [1.29, 1.82) is 0 Å². The second-order valence-corrected chi connectivity index (χ2v) is 10.3. The average molecular weight is 597 g/mol. The van der Waals surface area contributed by atoms with Crippen LogP contribution in [-0.2, 0) is 18.9 Å². The molecule has 11 atom stereocenters. The smallest absolute Gasteiger partial charge is 0.228 e. The van der Waals surface area contributed by atoms with Crippen molar-refractivity contribution in [3.8, 4) is 28.7 Å². The van der Waals surface area contributed by atoms with Gasteiger partial charge in [0.15, 0.2) is 23.9 Å². The monoisotopic (exact) mass is 596 g/mol. The first-order valence-corrected chi connectivity index (χ1v) is 13.0. The molecule has 0 aromatic heterocycles. The van der Waals surface area contributed by atoms with E-state index in [2.05, 4.69) is 0 Å². The molecule has 0 saturated carbocycles. The quantitative estimate of drug-likeness (QED) is 0.173. The van der Waals surface area contributed by atoms with Crippen molar-refractivity contribution in [1.82, 2.24) is 0 Å². The number of benzene rings is 2. The third-order valence-electron chi connectivity index (χ3n) is 7.39. The van der Waals surface area contributed by atoms with Gasteiger partial charge in [0.1, 0.15) is 60.0 Å². The fraction of sp³-hybridized carbons (Fsp3) is 0.481. The van der Waals surface area contributed by atoms with Gasteiger partial charge in [-0.25, -0.2) is 0 Å². The third kappa shape index (κ3) is 5.54. The van der Waals surface area contributed by atoms with Crippen LogP contribution in [0.15, 0.2) is 36.1 Å². The molecule has 0 bridgehead atoms. The second kappa shape index (κ2) is 11.7. The molecule has 2 fully saturated rings.